The predicted octanol–water partition coefficient (Wildman–Crippen LogP) is 6.43. The third-order valence-corrected chi connectivity index (χ3v) is 6.86. The first kappa shape index (κ1) is 21.7. The van der Waals surface area contributed by atoms with Gasteiger partial charge in [0.25, 0.3) is 5.91 Å². The number of nitrogens with zero attached hydrogens (tertiary/aromatic N) is 1. The van der Waals surface area contributed by atoms with Crippen LogP contribution in [0.5, 0.6) is 0 Å². The van der Waals surface area contributed by atoms with Crippen molar-refractivity contribution >= 4 is 50.9 Å². The quantitative estimate of drug-likeness (QED) is 0.429. The molecule has 1 saturated heterocycles. The zero-order chi connectivity index (χ0) is 21.8. The summed E-state index contributed by atoms with van der Waals surface area (Å²) in [7, 11) is 0. The van der Waals surface area contributed by atoms with E-state index in [2.05, 4.69) is 34.2 Å². The van der Waals surface area contributed by atoms with Crippen LogP contribution in [0.4, 0.5) is 11.4 Å². The van der Waals surface area contributed by atoms with Crippen molar-refractivity contribution in [3.63, 3.8) is 0 Å². The number of nitrogens with one attached hydrogen (secondary N) is 1. The summed E-state index contributed by atoms with van der Waals surface area (Å²) >= 11 is 5.02. The number of benzene rings is 3. The summed E-state index contributed by atoms with van der Waals surface area (Å²) in [5.74, 6) is 0.389. The van der Waals surface area contributed by atoms with Crippen molar-refractivity contribution in [1.29, 1.82) is 0 Å². The molecule has 0 bridgehead atoms. The molecule has 1 N–H and O–H groups in total. The molecule has 3 aromatic rings. The van der Waals surface area contributed by atoms with Gasteiger partial charge in [0, 0.05) is 21.4 Å². The molecular weight excluding hydrogens is 472 g/mol. The average Bonchev–Trinajstić information content (AvgIpc) is 3.16. The van der Waals surface area contributed by atoms with Gasteiger partial charge in [-0.15, -0.1) is 11.8 Å². The number of hydrogen-bond donors (Lipinski definition) is 1. The molecule has 0 aliphatic carbocycles. The van der Waals surface area contributed by atoms with Crippen LogP contribution < -0.4 is 10.2 Å². The number of para-hydroxylation sites is 1. The molecule has 158 valence electrons. The first-order valence-corrected chi connectivity index (χ1v) is 12.1. The van der Waals surface area contributed by atoms with Crippen molar-refractivity contribution in [3.05, 3.63) is 94.0 Å². The lowest BCUT2D eigenvalue weighted by Crippen LogP contribution is -2.28. The maximum Gasteiger partial charge on any atom is 0.255 e. The number of anilines is 2. The summed E-state index contributed by atoms with van der Waals surface area (Å²) in [6.45, 7) is 2.15. The molecule has 0 spiro atoms. The van der Waals surface area contributed by atoms with Crippen LogP contribution in [0.25, 0.3) is 0 Å². The Hall–Kier alpha value is -2.57. The summed E-state index contributed by atoms with van der Waals surface area (Å²) in [5, 5.41) is 2.86. The lowest BCUT2D eigenvalue weighted by Gasteiger charge is -2.27. The number of thioether (sulfide) groups is 1. The minimum absolute atomic E-state index is 0.113. The molecule has 4 nitrogen and oxygen atoms in total. The van der Waals surface area contributed by atoms with Gasteiger partial charge in [0.05, 0.1) is 5.75 Å². The summed E-state index contributed by atoms with van der Waals surface area (Å²) in [5.41, 5.74) is 4.46. The number of halogens is 1. The first-order valence-electron chi connectivity index (χ1n) is 10.2. The van der Waals surface area contributed by atoms with Crippen LogP contribution in [-0.4, -0.2) is 17.6 Å². The van der Waals surface area contributed by atoms with Gasteiger partial charge in [-0.05, 0) is 53.9 Å². The second-order valence-electron chi connectivity index (χ2n) is 7.40. The van der Waals surface area contributed by atoms with Crippen LogP contribution in [0.15, 0.2) is 77.3 Å². The molecule has 0 aromatic heterocycles. The van der Waals surface area contributed by atoms with Gasteiger partial charge < -0.3 is 5.32 Å². The van der Waals surface area contributed by atoms with Crippen LogP contribution in [-0.2, 0) is 11.2 Å². The van der Waals surface area contributed by atoms with Gasteiger partial charge in [0.1, 0.15) is 5.37 Å². The van der Waals surface area contributed by atoms with E-state index in [9.17, 15) is 9.59 Å². The largest absolute Gasteiger partial charge is 0.322 e. The molecule has 1 aliphatic heterocycles. The van der Waals surface area contributed by atoms with Crippen LogP contribution >= 0.6 is 27.7 Å². The molecule has 4 rings (SSSR count). The number of hydrogen-bond acceptors (Lipinski definition) is 3. The van der Waals surface area contributed by atoms with Crippen molar-refractivity contribution in [1.82, 2.24) is 0 Å². The number of rotatable bonds is 6. The van der Waals surface area contributed by atoms with Crippen molar-refractivity contribution < 1.29 is 9.59 Å². The fourth-order valence-electron chi connectivity index (χ4n) is 3.76. The molecule has 3 aromatic carbocycles. The van der Waals surface area contributed by atoms with E-state index in [-0.39, 0.29) is 17.2 Å². The van der Waals surface area contributed by atoms with Gasteiger partial charge in [-0.25, -0.2) is 0 Å². The van der Waals surface area contributed by atoms with Gasteiger partial charge in [0.15, 0.2) is 0 Å². The molecule has 1 unspecified atom stereocenters. The van der Waals surface area contributed by atoms with Crippen molar-refractivity contribution in [2.45, 2.75) is 25.1 Å². The number of carbonyl (C=O) groups excluding carboxylic acids is 2. The monoisotopic (exact) mass is 494 g/mol. The predicted molar refractivity (Wildman–Crippen MR) is 132 cm³/mol. The Bertz CT molecular complexity index is 1120. The number of amides is 2. The molecule has 1 fully saturated rings. The summed E-state index contributed by atoms with van der Waals surface area (Å²) < 4.78 is 0.858. The SMILES string of the molecule is CCCc1ccccc1N1C(=O)CSC1c1cccc(NC(=O)c2cccc(Br)c2)c1. The highest BCUT2D eigenvalue weighted by molar-refractivity contribution is 9.10. The molecule has 1 aliphatic rings. The highest BCUT2D eigenvalue weighted by Crippen LogP contribution is 2.43. The molecule has 0 saturated carbocycles. The second-order valence-corrected chi connectivity index (χ2v) is 9.38. The lowest BCUT2D eigenvalue weighted by molar-refractivity contribution is -0.115. The van der Waals surface area contributed by atoms with Gasteiger partial charge >= 0.3 is 0 Å². The minimum Gasteiger partial charge on any atom is -0.322 e. The molecule has 1 atom stereocenters. The van der Waals surface area contributed by atoms with Crippen LogP contribution in [0.3, 0.4) is 0 Å². The van der Waals surface area contributed by atoms with E-state index in [1.165, 1.54) is 5.56 Å². The highest BCUT2D eigenvalue weighted by atomic mass is 79.9. The zero-order valence-corrected chi connectivity index (χ0v) is 19.6. The van der Waals surface area contributed by atoms with Crippen molar-refractivity contribution in [3.8, 4) is 0 Å². The fourth-order valence-corrected chi connectivity index (χ4v) is 5.32. The maximum absolute atomic E-state index is 12.8. The summed E-state index contributed by atoms with van der Waals surface area (Å²) in [6.07, 6.45) is 1.95. The van der Waals surface area contributed by atoms with E-state index in [1.54, 1.807) is 23.9 Å². The van der Waals surface area contributed by atoms with Crippen molar-refractivity contribution in [2.75, 3.05) is 16.0 Å². The Balaban J connectivity index is 1.61. The minimum atomic E-state index is -0.168. The van der Waals surface area contributed by atoms with E-state index in [0.717, 1.165) is 28.6 Å². The topological polar surface area (TPSA) is 49.4 Å². The standard InChI is InChI=1S/C25H23BrN2O2S/c1-2-7-17-8-3-4-13-22(17)28-23(29)16-31-25(28)19-10-6-12-21(15-19)27-24(30)18-9-5-11-20(26)14-18/h3-6,8-15,25H,2,7,16H2,1H3,(H,27,30). The van der Waals surface area contributed by atoms with E-state index in [1.807, 2.05) is 59.5 Å². The Morgan fingerprint density at radius 2 is 1.90 bits per heavy atom. The van der Waals surface area contributed by atoms with E-state index < -0.39 is 0 Å². The maximum atomic E-state index is 12.8. The van der Waals surface area contributed by atoms with E-state index >= 15 is 0 Å². The van der Waals surface area contributed by atoms with Gasteiger partial charge in [-0.2, -0.15) is 0 Å². The van der Waals surface area contributed by atoms with Crippen LogP contribution in [0.2, 0.25) is 0 Å². The van der Waals surface area contributed by atoms with Crippen LogP contribution in [0.1, 0.15) is 40.2 Å². The smallest absolute Gasteiger partial charge is 0.255 e. The second kappa shape index (κ2) is 9.71. The first-order chi connectivity index (χ1) is 15.1. The van der Waals surface area contributed by atoms with Crippen molar-refractivity contribution in [2.24, 2.45) is 0 Å². The molecule has 1 heterocycles. The Morgan fingerprint density at radius 3 is 2.71 bits per heavy atom. The molecule has 2 amide bonds. The third kappa shape index (κ3) is 4.86. The van der Waals surface area contributed by atoms with Gasteiger partial charge in [-0.1, -0.05) is 65.7 Å². The normalized spacial score (nSPS) is 15.9. The zero-order valence-electron chi connectivity index (χ0n) is 17.2. The molecular formula is C25H23BrN2O2S. The van der Waals surface area contributed by atoms with E-state index in [4.69, 9.17) is 0 Å². The third-order valence-electron chi connectivity index (χ3n) is 5.15. The van der Waals surface area contributed by atoms with Gasteiger partial charge in [0.2, 0.25) is 5.91 Å². The molecule has 31 heavy (non-hydrogen) atoms. The molecule has 0 radical (unpaired) electrons. The lowest BCUT2D eigenvalue weighted by atomic mass is 10.1. The number of carbonyl (C=O) groups is 2. The summed E-state index contributed by atoms with van der Waals surface area (Å²) in [4.78, 5) is 27.4. The fraction of sp³-hybridized carbons (Fsp3) is 0.200. The number of aryl methyl sites for hydroxylation is 1. The molecule has 6 heteroatoms. The Labute approximate surface area is 195 Å². The Kier molecular flexibility index (Phi) is 6.78. The highest BCUT2D eigenvalue weighted by Gasteiger charge is 2.35. The Morgan fingerprint density at radius 1 is 1.10 bits per heavy atom. The van der Waals surface area contributed by atoms with Crippen LogP contribution in [0, 0.1) is 0 Å². The van der Waals surface area contributed by atoms with Gasteiger partial charge in [-0.3, -0.25) is 14.5 Å². The van der Waals surface area contributed by atoms with E-state index in [0.29, 0.717) is 17.0 Å². The average molecular weight is 495 g/mol. The summed E-state index contributed by atoms with van der Waals surface area (Å²) in [6, 6.07) is 23.2.